The largest absolute Gasteiger partial charge is 0.495 e. The molecule has 2 aromatic carbocycles. The van der Waals surface area contributed by atoms with Crippen LogP contribution in [0.4, 0.5) is 33.1 Å². The molecule has 0 spiro atoms. The van der Waals surface area contributed by atoms with Crippen molar-refractivity contribution in [3.8, 4) is 17.2 Å². The van der Waals surface area contributed by atoms with Crippen molar-refractivity contribution in [2.24, 2.45) is 7.05 Å². The van der Waals surface area contributed by atoms with Crippen LogP contribution in [0.1, 0.15) is 12.8 Å². The number of piperidine rings is 1. The minimum atomic E-state index is -0.519. The molecule has 4 heterocycles. The molecule has 6 rings (SSSR count). The third-order valence-corrected chi connectivity index (χ3v) is 7.44. The van der Waals surface area contributed by atoms with Gasteiger partial charge in [-0.15, -0.1) is 0 Å². The van der Waals surface area contributed by atoms with Gasteiger partial charge >= 0.3 is 0 Å². The van der Waals surface area contributed by atoms with Gasteiger partial charge < -0.3 is 30.3 Å². The van der Waals surface area contributed by atoms with Crippen molar-refractivity contribution in [1.82, 2.24) is 29.6 Å². The summed E-state index contributed by atoms with van der Waals surface area (Å²) in [5.41, 5.74) is 2.40. The number of carbonyl (C=O) groups excluding carboxylic acids is 1. The molecule has 1 fully saturated rings. The molecule has 0 saturated carbocycles. The van der Waals surface area contributed by atoms with E-state index in [-0.39, 0.29) is 17.6 Å². The maximum Gasteiger partial charge on any atom is 0.245 e. The van der Waals surface area contributed by atoms with Crippen LogP contribution in [-0.4, -0.2) is 61.8 Å². The lowest BCUT2D eigenvalue weighted by Crippen LogP contribution is -2.41. The first-order chi connectivity index (χ1) is 21.9. The summed E-state index contributed by atoms with van der Waals surface area (Å²) in [5, 5.41) is 14.6. The summed E-state index contributed by atoms with van der Waals surface area (Å²) in [5.74, 6) is 1.86. The number of methoxy groups -OCH3 is 1. The van der Waals surface area contributed by atoms with Crippen LogP contribution in [0, 0.1) is 5.82 Å². The van der Waals surface area contributed by atoms with Crippen molar-refractivity contribution in [3.05, 3.63) is 85.9 Å². The van der Waals surface area contributed by atoms with E-state index in [0.29, 0.717) is 52.9 Å². The number of anilines is 5. The fourth-order valence-electron chi connectivity index (χ4n) is 5.16. The third-order valence-electron chi connectivity index (χ3n) is 7.44. The topological polar surface area (TPSA) is 131 Å². The van der Waals surface area contributed by atoms with E-state index in [1.807, 2.05) is 25.4 Å². The minimum absolute atomic E-state index is 0.0583. The number of aryl methyl sites for hydroxylation is 1. The van der Waals surface area contributed by atoms with Crippen molar-refractivity contribution < 1.29 is 18.7 Å². The van der Waals surface area contributed by atoms with E-state index in [9.17, 15) is 4.79 Å². The van der Waals surface area contributed by atoms with Crippen molar-refractivity contribution in [2.75, 3.05) is 36.1 Å². The Morgan fingerprint density at radius 3 is 2.60 bits per heavy atom. The maximum atomic E-state index is 15.3. The number of amides is 1. The highest BCUT2D eigenvalue weighted by Gasteiger charge is 2.23. The Morgan fingerprint density at radius 1 is 1.04 bits per heavy atom. The van der Waals surface area contributed by atoms with Crippen molar-refractivity contribution in [2.45, 2.75) is 18.9 Å². The number of nitrogens with zero attached hydrogens (tertiary/aromatic N) is 6. The van der Waals surface area contributed by atoms with E-state index in [1.54, 1.807) is 53.4 Å². The van der Waals surface area contributed by atoms with Gasteiger partial charge in [-0.1, -0.05) is 6.58 Å². The van der Waals surface area contributed by atoms with Crippen molar-refractivity contribution in [1.29, 1.82) is 0 Å². The van der Waals surface area contributed by atoms with Gasteiger partial charge in [0.05, 0.1) is 35.9 Å². The van der Waals surface area contributed by atoms with Crippen LogP contribution in [0.5, 0.6) is 17.2 Å². The average molecular weight is 610 g/mol. The quantitative estimate of drug-likeness (QED) is 0.168. The van der Waals surface area contributed by atoms with E-state index >= 15 is 4.39 Å². The summed E-state index contributed by atoms with van der Waals surface area (Å²) in [6, 6.07) is 11.8. The Morgan fingerprint density at radius 2 is 1.87 bits per heavy atom. The van der Waals surface area contributed by atoms with E-state index in [0.717, 1.165) is 24.2 Å². The average Bonchev–Trinajstić information content (AvgIpc) is 3.46. The number of pyridine rings is 1. The van der Waals surface area contributed by atoms with Crippen molar-refractivity contribution in [3.63, 3.8) is 0 Å². The van der Waals surface area contributed by atoms with Gasteiger partial charge in [0.25, 0.3) is 0 Å². The first-order valence-corrected chi connectivity index (χ1v) is 14.4. The Hall–Kier alpha value is -5.72. The number of carbonyl (C=O) groups is 1. The highest BCUT2D eigenvalue weighted by atomic mass is 19.1. The third kappa shape index (κ3) is 6.77. The van der Waals surface area contributed by atoms with Gasteiger partial charge in [-0.2, -0.15) is 5.10 Å². The Bertz CT molecular complexity index is 1850. The molecule has 0 unspecified atom stereocenters. The lowest BCUT2D eigenvalue weighted by molar-refractivity contribution is -0.126. The number of benzene rings is 2. The zero-order valence-corrected chi connectivity index (χ0v) is 24.8. The first kappa shape index (κ1) is 29.4. The molecule has 3 N–H and O–H groups in total. The molecule has 230 valence electrons. The van der Waals surface area contributed by atoms with E-state index in [4.69, 9.17) is 9.47 Å². The SMILES string of the molecule is C=CC(=O)N1CCC(Nc2cc3c(Nc4ccc(Oc5ccnc(Nc6cnn(C)c6)c5)cc4F)ncnc3cc2OC)CC1. The van der Waals surface area contributed by atoms with Gasteiger partial charge in [0, 0.05) is 62.2 Å². The smallest absolute Gasteiger partial charge is 0.245 e. The maximum absolute atomic E-state index is 15.3. The number of fused-ring (bicyclic) bond motifs is 1. The van der Waals surface area contributed by atoms with Crippen LogP contribution >= 0.6 is 0 Å². The number of nitrogens with one attached hydrogen (secondary N) is 3. The number of halogens is 1. The number of rotatable bonds is 10. The molecule has 1 aliphatic rings. The summed E-state index contributed by atoms with van der Waals surface area (Å²) in [6.07, 6.45) is 9.42. The van der Waals surface area contributed by atoms with Crippen molar-refractivity contribution >= 4 is 45.5 Å². The van der Waals surface area contributed by atoms with Gasteiger partial charge in [0.1, 0.15) is 41.0 Å². The lowest BCUT2D eigenvalue weighted by atomic mass is 10.0. The molecule has 0 bridgehead atoms. The summed E-state index contributed by atoms with van der Waals surface area (Å²) < 4.78 is 28.6. The van der Waals surface area contributed by atoms with E-state index < -0.39 is 5.82 Å². The van der Waals surface area contributed by atoms with Crippen LogP contribution in [-0.2, 0) is 11.8 Å². The molecule has 1 saturated heterocycles. The van der Waals surface area contributed by atoms with Gasteiger partial charge in [0.2, 0.25) is 5.91 Å². The number of hydrogen-bond acceptors (Lipinski definition) is 10. The normalized spacial score (nSPS) is 13.4. The Kier molecular flexibility index (Phi) is 8.40. The summed E-state index contributed by atoms with van der Waals surface area (Å²) in [7, 11) is 3.42. The Labute approximate surface area is 258 Å². The minimum Gasteiger partial charge on any atom is -0.495 e. The lowest BCUT2D eigenvalue weighted by Gasteiger charge is -2.32. The Balaban J connectivity index is 1.18. The van der Waals surface area contributed by atoms with Crippen LogP contribution in [0.15, 0.2) is 80.0 Å². The van der Waals surface area contributed by atoms with Crippen LogP contribution in [0.25, 0.3) is 10.9 Å². The summed E-state index contributed by atoms with van der Waals surface area (Å²) in [4.78, 5) is 26.8. The molecular formula is C32H32FN9O3. The second kappa shape index (κ2) is 12.9. The second-order valence-electron chi connectivity index (χ2n) is 10.5. The molecule has 45 heavy (non-hydrogen) atoms. The molecule has 12 nitrogen and oxygen atoms in total. The predicted molar refractivity (Wildman–Crippen MR) is 170 cm³/mol. The molecule has 5 aromatic rings. The molecule has 1 amide bonds. The predicted octanol–water partition coefficient (Wildman–Crippen LogP) is 5.77. The fourth-order valence-corrected chi connectivity index (χ4v) is 5.16. The molecule has 0 radical (unpaired) electrons. The van der Waals surface area contributed by atoms with Gasteiger partial charge in [-0.05, 0) is 43.2 Å². The molecule has 0 atom stereocenters. The highest BCUT2D eigenvalue weighted by Crippen LogP contribution is 2.35. The molecule has 1 aliphatic heterocycles. The molecular weight excluding hydrogens is 577 g/mol. The number of hydrogen-bond donors (Lipinski definition) is 3. The monoisotopic (exact) mass is 609 g/mol. The molecule has 13 heteroatoms. The number of likely N-dealkylation sites (tertiary alicyclic amines) is 1. The van der Waals surface area contributed by atoms with E-state index in [1.165, 1.54) is 18.5 Å². The molecule has 0 aliphatic carbocycles. The zero-order valence-electron chi connectivity index (χ0n) is 24.8. The molecule has 3 aromatic heterocycles. The highest BCUT2D eigenvalue weighted by molar-refractivity contribution is 5.95. The van der Waals surface area contributed by atoms with E-state index in [2.05, 4.69) is 42.6 Å². The summed E-state index contributed by atoms with van der Waals surface area (Å²) >= 11 is 0. The summed E-state index contributed by atoms with van der Waals surface area (Å²) in [6.45, 7) is 4.85. The van der Waals surface area contributed by atoms with Gasteiger partial charge in [0.15, 0.2) is 0 Å². The standard InChI is InChI=1S/C32H32FN9O3/c1-4-31(43)42-11-8-20(9-12-42)38-28-15-24-27(16-29(28)44-3)35-19-36-32(24)40-26-6-5-22(13-25(26)33)45-23-7-10-34-30(14-23)39-21-17-37-41(2)18-21/h4-7,10,13-20,38H,1,8-9,11-12H2,2-3H3,(H,34,39)(H,35,36,40). The van der Waals surface area contributed by atoms with Crippen LogP contribution in [0.2, 0.25) is 0 Å². The fraction of sp³-hybridized carbons (Fsp3) is 0.219. The first-order valence-electron chi connectivity index (χ1n) is 14.4. The van der Waals surface area contributed by atoms with Gasteiger partial charge in [-0.3, -0.25) is 9.48 Å². The number of aromatic nitrogens is 5. The number of ether oxygens (including phenoxy) is 2. The van der Waals surface area contributed by atoms with Crippen LogP contribution < -0.4 is 25.4 Å². The van der Waals surface area contributed by atoms with Crippen LogP contribution in [0.3, 0.4) is 0 Å². The van der Waals surface area contributed by atoms with Gasteiger partial charge in [-0.25, -0.2) is 19.3 Å². The zero-order chi connectivity index (χ0) is 31.3. The second-order valence-corrected chi connectivity index (χ2v) is 10.5.